The predicted molar refractivity (Wildman–Crippen MR) is 84.0 cm³/mol. The predicted octanol–water partition coefficient (Wildman–Crippen LogP) is 4.10. The molecule has 0 aromatic heterocycles. The van der Waals surface area contributed by atoms with Crippen LogP contribution in [0.25, 0.3) is 0 Å². The molecule has 0 saturated carbocycles. The Morgan fingerprint density at radius 2 is 1.60 bits per heavy atom. The summed E-state index contributed by atoms with van der Waals surface area (Å²) in [7, 11) is 0. The molecule has 0 radical (unpaired) electrons. The van der Waals surface area contributed by atoms with Crippen molar-refractivity contribution >= 4 is 21.7 Å². The van der Waals surface area contributed by atoms with Crippen LogP contribution in [0.1, 0.15) is 40.4 Å². The summed E-state index contributed by atoms with van der Waals surface area (Å²) in [5.74, 6) is 0.0726. The molecule has 1 fully saturated rings. The first-order valence-electron chi connectivity index (χ1n) is 6.87. The third-order valence-electron chi connectivity index (χ3n) is 3.74. The molecule has 2 aromatic carbocycles. The summed E-state index contributed by atoms with van der Waals surface area (Å²) in [6, 6.07) is 15.9. The number of benzene rings is 2. The third kappa shape index (κ3) is 2.84. The zero-order valence-electron chi connectivity index (χ0n) is 11.1. The Hall–Kier alpha value is -1.45. The highest BCUT2D eigenvalue weighted by atomic mass is 79.9. The standard InChI is InChI=1S/C17H16BrNO/c18-15-9-7-14(8-10-15)17(20)13-5-3-12(4-6-13)16-2-1-11-19-16/h3-10,16,19H,1-2,11H2/t16-/m1/s1. The number of hydrogen-bond donors (Lipinski definition) is 1. The second-order valence-corrected chi connectivity index (χ2v) is 6.02. The third-order valence-corrected chi connectivity index (χ3v) is 4.27. The fourth-order valence-corrected chi connectivity index (χ4v) is 2.87. The summed E-state index contributed by atoms with van der Waals surface area (Å²) in [4.78, 5) is 12.4. The van der Waals surface area contributed by atoms with E-state index >= 15 is 0 Å². The number of halogens is 1. The highest BCUT2D eigenvalue weighted by Gasteiger charge is 2.16. The van der Waals surface area contributed by atoms with Crippen LogP contribution >= 0.6 is 15.9 Å². The van der Waals surface area contributed by atoms with Crippen LogP contribution in [-0.4, -0.2) is 12.3 Å². The van der Waals surface area contributed by atoms with Crippen molar-refractivity contribution in [1.82, 2.24) is 5.32 Å². The zero-order valence-corrected chi connectivity index (χ0v) is 12.7. The van der Waals surface area contributed by atoms with Gasteiger partial charge in [-0.3, -0.25) is 4.79 Å². The van der Waals surface area contributed by atoms with Crippen molar-refractivity contribution in [2.24, 2.45) is 0 Å². The maximum atomic E-state index is 12.4. The van der Waals surface area contributed by atoms with Gasteiger partial charge in [0, 0.05) is 21.6 Å². The zero-order chi connectivity index (χ0) is 13.9. The van der Waals surface area contributed by atoms with Crippen molar-refractivity contribution in [3.05, 3.63) is 69.7 Å². The van der Waals surface area contributed by atoms with Gasteiger partial charge in [-0.25, -0.2) is 0 Å². The Bertz CT molecular complexity index is 598. The molecule has 1 N–H and O–H groups in total. The van der Waals surface area contributed by atoms with Crippen LogP contribution in [0.15, 0.2) is 53.0 Å². The summed E-state index contributed by atoms with van der Waals surface area (Å²) in [5, 5.41) is 3.47. The number of hydrogen-bond acceptors (Lipinski definition) is 2. The van der Waals surface area contributed by atoms with Crippen molar-refractivity contribution in [3.63, 3.8) is 0 Å². The molecular weight excluding hydrogens is 314 g/mol. The van der Waals surface area contributed by atoms with Gasteiger partial charge in [0.25, 0.3) is 0 Å². The van der Waals surface area contributed by atoms with Gasteiger partial charge in [-0.2, -0.15) is 0 Å². The number of carbonyl (C=O) groups is 1. The van der Waals surface area contributed by atoms with E-state index in [1.807, 2.05) is 36.4 Å². The average Bonchev–Trinajstić information content (AvgIpc) is 3.02. The van der Waals surface area contributed by atoms with E-state index in [0.29, 0.717) is 6.04 Å². The van der Waals surface area contributed by atoms with Gasteiger partial charge in [0.05, 0.1) is 0 Å². The number of nitrogens with one attached hydrogen (secondary N) is 1. The molecule has 0 bridgehead atoms. The molecule has 0 amide bonds. The van der Waals surface area contributed by atoms with Crippen molar-refractivity contribution in [3.8, 4) is 0 Å². The van der Waals surface area contributed by atoms with Crippen LogP contribution in [0.4, 0.5) is 0 Å². The lowest BCUT2D eigenvalue weighted by atomic mass is 9.99. The molecule has 20 heavy (non-hydrogen) atoms. The largest absolute Gasteiger partial charge is 0.310 e. The Labute approximate surface area is 127 Å². The molecule has 1 aliphatic rings. The lowest BCUT2D eigenvalue weighted by molar-refractivity contribution is 0.103. The topological polar surface area (TPSA) is 29.1 Å². The van der Waals surface area contributed by atoms with Crippen molar-refractivity contribution in [2.75, 3.05) is 6.54 Å². The van der Waals surface area contributed by atoms with E-state index in [1.165, 1.54) is 18.4 Å². The quantitative estimate of drug-likeness (QED) is 0.859. The maximum Gasteiger partial charge on any atom is 0.193 e. The molecule has 0 unspecified atom stereocenters. The number of rotatable bonds is 3. The fourth-order valence-electron chi connectivity index (χ4n) is 2.60. The number of carbonyl (C=O) groups excluding carboxylic acids is 1. The van der Waals surface area contributed by atoms with Gasteiger partial charge in [0.2, 0.25) is 0 Å². The van der Waals surface area contributed by atoms with Gasteiger partial charge in [-0.15, -0.1) is 0 Å². The van der Waals surface area contributed by atoms with Crippen LogP contribution < -0.4 is 5.32 Å². The first kappa shape index (κ1) is 13.5. The Morgan fingerprint density at radius 1 is 1.00 bits per heavy atom. The van der Waals surface area contributed by atoms with E-state index in [2.05, 4.69) is 33.4 Å². The van der Waals surface area contributed by atoms with Crippen molar-refractivity contribution in [1.29, 1.82) is 0 Å². The summed E-state index contributed by atoms with van der Waals surface area (Å²) >= 11 is 3.38. The van der Waals surface area contributed by atoms with Crippen LogP contribution in [0, 0.1) is 0 Å². The van der Waals surface area contributed by atoms with Crippen LogP contribution in [0.2, 0.25) is 0 Å². The highest BCUT2D eigenvalue weighted by Crippen LogP contribution is 2.23. The molecular formula is C17H16BrNO. The first-order valence-corrected chi connectivity index (χ1v) is 7.67. The highest BCUT2D eigenvalue weighted by molar-refractivity contribution is 9.10. The Kier molecular flexibility index (Phi) is 3.99. The van der Waals surface area contributed by atoms with Crippen LogP contribution in [-0.2, 0) is 0 Å². The SMILES string of the molecule is O=C(c1ccc(Br)cc1)c1ccc([C@H]2CCCN2)cc1. The second kappa shape index (κ2) is 5.90. The summed E-state index contributed by atoms with van der Waals surface area (Å²) in [5.41, 5.74) is 2.74. The minimum atomic E-state index is 0.0726. The smallest absolute Gasteiger partial charge is 0.193 e. The van der Waals surface area contributed by atoms with E-state index in [0.717, 1.165) is 22.1 Å². The molecule has 3 rings (SSSR count). The molecule has 3 heteroatoms. The molecule has 0 spiro atoms. The van der Waals surface area contributed by atoms with Crippen molar-refractivity contribution < 1.29 is 4.79 Å². The lowest BCUT2D eigenvalue weighted by Crippen LogP contribution is -2.13. The van der Waals surface area contributed by atoms with Crippen molar-refractivity contribution in [2.45, 2.75) is 18.9 Å². The van der Waals surface area contributed by atoms with E-state index in [4.69, 9.17) is 0 Å². The first-order chi connectivity index (χ1) is 9.74. The lowest BCUT2D eigenvalue weighted by Gasteiger charge is -2.11. The molecule has 1 saturated heterocycles. The van der Waals surface area contributed by atoms with Gasteiger partial charge in [-0.1, -0.05) is 40.2 Å². The number of ketones is 1. The minimum Gasteiger partial charge on any atom is -0.310 e. The molecule has 2 nitrogen and oxygen atoms in total. The van der Waals surface area contributed by atoms with E-state index in [-0.39, 0.29) is 5.78 Å². The van der Waals surface area contributed by atoms with Gasteiger partial charge in [-0.05, 0) is 49.2 Å². The van der Waals surface area contributed by atoms with Gasteiger partial charge < -0.3 is 5.32 Å². The summed E-state index contributed by atoms with van der Waals surface area (Å²) < 4.78 is 0.983. The monoisotopic (exact) mass is 329 g/mol. The van der Waals surface area contributed by atoms with E-state index in [9.17, 15) is 4.79 Å². The van der Waals surface area contributed by atoms with Gasteiger partial charge in [0.15, 0.2) is 5.78 Å². The van der Waals surface area contributed by atoms with Crippen LogP contribution in [0.3, 0.4) is 0 Å². The van der Waals surface area contributed by atoms with E-state index < -0.39 is 0 Å². The molecule has 1 atom stereocenters. The summed E-state index contributed by atoms with van der Waals surface area (Å²) in [6.07, 6.45) is 2.41. The molecule has 2 aromatic rings. The Morgan fingerprint density at radius 3 is 2.15 bits per heavy atom. The van der Waals surface area contributed by atoms with Crippen LogP contribution in [0.5, 0.6) is 0 Å². The average molecular weight is 330 g/mol. The van der Waals surface area contributed by atoms with Gasteiger partial charge >= 0.3 is 0 Å². The molecule has 1 heterocycles. The minimum absolute atomic E-state index is 0.0726. The molecule has 102 valence electrons. The van der Waals surface area contributed by atoms with Gasteiger partial charge in [0.1, 0.15) is 0 Å². The molecule has 1 aliphatic heterocycles. The second-order valence-electron chi connectivity index (χ2n) is 5.11. The normalized spacial score (nSPS) is 18.1. The maximum absolute atomic E-state index is 12.4. The summed E-state index contributed by atoms with van der Waals surface area (Å²) in [6.45, 7) is 1.09. The molecule has 0 aliphatic carbocycles. The Balaban J connectivity index is 1.80. The van der Waals surface area contributed by atoms with E-state index in [1.54, 1.807) is 0 Å². The fraction of sp³-hybridized carbons (Fsp3) is 0.235.